The zero-order valence-corrected chi connectivity index (χ0v) is 11.7. The normalized spacial score (nSPS) is 17.9. The third kappa shape index (κ3) is 3.04. The lowest BCUT2D eigenvalue weighted by Crippen LogP contribution is -2.45. The minimum atomic E-state index is -0.461. The maximum atomic E-state index is 12.3. The molecule has 1 aliphatic rings. The molecule has 0 radical (unpaired) electrons. The van der Waals surface area contributed by atoms with Crippen molar-refractivity contribution in [3.8, 4) is 0 Å². The van der Waals surface area contributed by atoms with E-state index in [4.69, 9.17) is 4.74 Å². The summed E-state index contributed by atoms with van der Waals surface area (Å²) in [5, 5.41) is 0. The molecule has 20 heavy (non-hydrogen) atoms. The number of esters is 1. The van der Waals surface area contributed by atoms with E-state index < -0.39 is 6.04 Å². The summed E-state index contributed by atoms with van der Waals surface area (Å²) in [5.41, 5.74) is 0. The van der Waals surface area contributed by atoms with Gasteiger partial charge in [0.2, 0.25) is 11.9 Å². The number of amides is 1. The maximum absolute atomic E-state index is 12.3. The number of anilines is 1. The van der Waals surface area contributed by atoms with Crippen LogP contribution in [0.4, 0.5) is 5.95 Å². The first-order valence-corrected chi connectivity index (χ1v) is 6.49. The van der Waals surface area contributed by atoms with Crippen molar-refractivity contribution >= 4 is 17.8 Å². The second-order valence-corrected chi connectivity index (χ2v) is 4.67. The summed E-state index contributed by atoms with van der Waals surface area (Å²) in [6.45, 7) is 0.722. The van der Waals surface area contributed by atoms with Gasteiger partial charge in [0.05, 0.1) is 13.7 Å². The number of methoxy groups -OCH3 is 1. The fraction of sp³-hybridized carbons (Fsp3) is 0.538. The Labute approximate surface area is 117 Å². The number of hydrogen-bond donors (Lipinski definition) is 0. The second-order valence-electron chi connectivity index (χ2n) is 4.67. The average Bonchev–Trinajstić information content (AvgIpc) is 2.96. The average molecular weight is 278 g/mol. The molecule has 1 fully saturated rings. The highest BCUT2D eigenvalue weighted by atomic mass is 16.5. The van der Waals surface area contributed by atoms with Gasteiger partial charge >= 0.3 is 5.97 Å². The fourth-order valence-corrected chi connectivity index (χ4v) is 2.30. The van der Waals surface area contributed by atoms with Crippen molar-refractivity contribution in [1.29, 1.82) is 0 Å². The number of carbonyl (C=O) groups is 2. The highest BCUT2D eigenvalue weighted by Gasteiger charge is 2.35. The van der Waals surface area contributed by atoms with Gasteiger partial charge in [0, 0.05) is 26.0 Å². The highest BCUT2D eigenvalue weighted by Crippen LogP contribution is 2.19. The second kappa shape index (κ2) is 6.31. The molecule has 0 spiro atoms. The van der Waals surface area contributed by atoms with Crippen LogP contribution in [0.1, 0.15) is 12.8 Å². The number of hydrogen-bond acceptors (Lipinski definition) is 6. The van der Waals surface area contributed by atoms with E-state index in [2.05, 4.69) is 9.97 Å². The van der Waals surface area contributed by atoms with Gasteiger partial charge in [0.1, 0.15) is 6.04 Å². The van der Waals surface area contributed by atoms with Crippen LogP contribution in [0.2, 0.25) is 0 Å². The topological polar surface area (TPSA) is 75.6 Å². The smallest absolute Gasteiger partial charge is 0.328 e. The monoisotopic (exact) mass is 278 g/mol. The zero-order valence-electron chi connectivity index (χ0n) is 11.7. The van der Waals surface area contributed by atoms with Crippen LogP contribution in [0.5, 0.6) is 0 Å². The lowest BCUT2D eigenvalue weighted by atomic mass is 10.2. The Morgan fingerprint density at radius 2 is 2.15 bits per heavy atom. The van der Waals surface area contributed by atoms with E-state index in [0.29, 0.717) is 18.9 Å². The standard InChI is InChI=1S/C13H18N4O3/c1-16(13-14-6-4-7-15-13)9-11(18)17-8-3-5-10(17)12(19)20-2/h4,6-7,10H,3,5,8-9H2,1-2H3. The number of likely N-dealkylation sites (N-methyl/N-ethyl adjacent to an activating group) is 1. The Kier molecular flexibility index (Phi) is 4.49. The number of nitrogens with zero attached hydrogens (tertiary/aromatic N) is 4. The summed E-state index contributed by atoms with van der Waals surface area (Å²) in [7, 11) is 3.09. The van der Waals surface area contributed by atoms with Crippen LogP contribution >= 0.6 is 0 Å². The van der Waals surface area contributed by atoms with Crippen LogP contribution in [0.25, 0.3) is 0 Å². The van der Waals surface area contributed by atoms with Gasteiger partial charge in [-0.05, 0) is 18.9 Å². The van der Waals surface area contributed by atoms with Crippen molar-refractivity contribution < 1.29 is 14.3 Å². The van der Waals surface area contributed by atoms with Crippen molar-refractivity contribution in [3.05, 3.63) is 18.5 Å². The minimum absolute atomic E-state index is 0.118. The Morgan fingerprint density at radius 3 is 2.80 bits per heavy atom. The first-order chi connectivity index (χ1) is 9.63. The third-order valence-electron chi connectivity index (χ3n) is 3.31. The quantitative estimate of drug-likeness (QED) is 0.726. The Hall–Kier alpha value is -2.18. The van der Waals surface area contributed by atoms with Crippen LogP contribution in [-0.2, 0) is 14.3 Å². The van der Waals surface area contributed by atoms with E-state index in [1.807, 2.05) is 0 Å². The predicted octanol–water partition coefficient (Wildman–Crippen LogP) is 0.0768. The van der Waals surface area contributed by atoms with Gasteiger partial charge in [-0.1, -0.05) is 0 Å². The minimum Gasteiger partial charge on any atom is -0.467 e. The van der Waals surface area contributed by atoms with Crippen LogP contribution < -0.4 is 4.90 Å². The highest BCUT2D eigenvalue weighted by molar-refractivity contribution is 5.87. The molecule has 1 amide bonds. The van der Waals surface area contributed by atoms with Crippen LogP contribution in [-0.4, -0.2) is 60.0 Å². The molecule has 1 atom stereocenters. The van der Waals surface area contributed by atoms with Crippen LogP contribution in [0.3, 0.4) is 0 Å². The number of aromatic nitrogens is 2. The van der Waals surface area contributed by atoms with E-state index >= 15 is 0 Å². The molecule has 1 aromatic rings. The molecule has 0 N–H and O–H groups in total. The molecule has 7 heteroatoms. The van der Waals surface area contributed by atoms with Crippen molar-refractivity contribution in [3.63, 3.8) is 0 Å². The SMILES string of the molecule is COC(=O)C1CCCN1C(=O)CN(C)c1ncccn1. The van der Waals surface area contributed by atoms with E-state index in [1.165, 1.54) is 7.11 Å². The molecule has 1 saturated heterocycles. The molecule has 1 unspecified atom stereocenters. The largest absolute Gasteiger partial charge is 0.467 e. The molecule has 1 aliphatic heterocycles. The third-order valence-corrected chi connectivity index (χ3v) is 3.31. The first kappa shape index (κ1) is 14.2. The fourth-order valence-electron chi connectivity index (χ4n) is 2.30. The van der Waals surface area contributed by atoms with Crippen molar-refractivity contribution in [2.24, 2.45) is 0 Å². The summed E-state index contributed by atoms with van der Waals surface area (Å²) in [6.07, 6.45) is 4.72. The molecule has 0 bridgehead atoms. The molecule has 0 aromatic carbocycles. The van der Waals surface area contributed by atoms with Crippen molar-refractivity contribution in [2.45, 2.75) is 18.9 Å². The van der Waals surface area contributed by atoms with E-state index in [0.717, 1.165) is 6.42 Å². The van der Waals surface area contributed by atoms with Crippen LogP contribution in [0, 0.1) is 0 Å². The predicted molar refractivity (Wildman–Crippen MR) is 72.1 cm³/mol. The summed E-state index contributed by atoms with van der Waals surface area (Å²) < 4.78 is 4.73. The van der Waals surface area contributed by atoms with Gasteiger partial charge in [0.25, 0.3) is 0 Å². The lowest BCUT2D eigenvalue weighted by molar-refractivity contribution is -0.150. The summed E-state index contributed by atoms with van der Waals surface area (Å²) >= 11 is 0. The summed E-state index contributed by atoms with van der Waals surface area (Å²) in [6, 6.07) is 1.25. The molecule has 2 heterocycles. The molecular formula is C13H18N4O3. The molecule has 2 rings (SSSR count). The Balaban J connectivity index is 1.99. The molecule has 0 saturated carbocycles. The van der Waals surface area contributed by atoms with E-state index in [-0.39, 0.29) is 18.4 Å². The van der Waals surface area contributed by atoms with Gasteiger partial charge < -0.3 is 14.5 Å². The van der Waals surface area contributed by atoms with Gasteiger partial charge in [-0.2, -0.15) is 0 Å². The number of ether oxygens (including phenoxy) is 1. The maximum Gasteiger partial charge on any atom is 0.328 e. The van der Waals surface area contributed by atoms with E-state index in [1.54, 1.807) is 35.3 Å². The van der Waals surface area contributed by atoms with Crippen molar-refractivity contribution in [2.75, 3.05) is 32.1 Å². The Bertz CT molecular complexity index is 480. The first-order valence-electron chi connectivity index (χ1n) is 6.49. The summed E-state index contributed by atoms with van der Waals surface area (Å²) in [5.74, 6) is 0.0111. The van der Waals surface area contributed by atoms with Gasteiger partial charge in [-0.3, -0.25) is 4.79 Å². The van der Waals surface area contributed by atoms with Crippen molar-refractivity contribution in [1.82, 2.24) is 14.9 Å². The molecular weight excluding hydrogens is 260 g/mol. The van der Waals surface area contributed by atoms with Gasteiger partial charge in [0.15, 0.2) is 0 Å². The molecule has 0 aliphatic carbocycles. The Morgan fingerprint density at radius 1 is 1.45 bits per heavy atom. The lowest BCUT2D eigenvalue weighted by Gasteiger charge is -2.25. The molecule has 108 valence electrons. The van der Waals surface area contributed by atoms with Gasteiger partial charge in [-0.25, -0.2) is 14.8 Å². The number of rotatable bonds is 4. The molecule has 7 nitrogen and oxygen atoms in total. The number of likely N-dealkylation sites (tertiary alicyclic amines) is 1. The zero-order chi connectivity index (χ0) is 14.5. The number of carbonyl (C=O) groups excluding carboxylic acids is 2. The van der Waals surface area contributed by atoms with Crippen LogP contribution in [0.15, 0.2) is 18.5 Å². The van der Waals surface area contributed by atoms with E-state index in [9.17, 15) is 9.59 Å². The van der Waals surface area contributed by atoms with Gasteiger partial charge in [-0.15, -0.1) is 0 Å². The molecule has 1 aromatic heterocycles. The summed E-state index contributed by atoms with van der Waals surface area (Å²) in [4.78, 5) is 35.3.